The molecular formula is C19H16N4O4. The summed E-state index contributed by atoms with van der Waals surface area (Å²) in [5.41, 5.74) is 1.96. The second-order valence-corrected chi connectivity index (χ2v) is 5.53. The highest BCUT2D eigenvalue weighted by atomic mass is 16.6. The van der Waals surface area contributed by atoms with E-state index in [0.29, 0.717) is 18.0 Å². The van der Waals surface area contributed by atoms with Crippen LogP contribution in [0.3, 0.4) is 0 Å². The molecule has 8 nitrogen and oxygen atoms in total. The number of imidazole rings is 1. The van der Waals surface area contributed by atoms with Gasteiger partial charge in [-0.1, -0.05) is 12.1 Å². The van der Waals surface area contributed by atoms with Crippen LogP contribution in [0, 0.1) is 21.4 Å². The SMILES string of the molecule is CCOc1cc(/C=C(/C#N)c2nc3ccccc3[nH]2)cc([N+](=O)[O-])c1OC. The predicted octanol–water partition coefficient (Wildman–Crippen LogP) is 3.94. The van der Waals surface area contributed by atoms with Crippen molar-refractivity contribution in [3.05, 3.63) is 57.9 Å². The highest BCUT2D eigenvalue weighted by molar-refractivity contribution is 5.91. The first kappa shape index (κ1) is 17.9. The van der Waals surface area contributed by atoms with Gasteiger partial charge < -0.3 is 14.5 Å². The Morgan fingerprint density at radius 1 is 1.41 bits per heavy atom. The van der Waals surface area contributed by atoms with E-state index in [0.717, 1.165) is 11.0 Å². The molecule has 0 unspecified atom stereocenters. The van der Waals surface area contributed by atoms with E-state index < -0.39 is 4.92 Å². The van der Waals surface area contributed by atoms with E-state index in [1.807, 2.05) is 24.3 Å². The molecule has 0 atom stereocenters. The number of aromatic nitrogens is 2. The Balaban J connectivity index is 2.13. The Morgan fingerprint density at radius 3 is 2.81 bits per heavy atom. The van der Waals surface area contributed by atoms with Gasteiger partial charge in [0.2, 0.25) is 5.75 Å². The lowest BCUT2D eigenvalue weighted by Gasteiger charge is -2.10. The molecule has 1 N–H and O–H groups in total. The fourth-order valence-electron chi connectivity index (χ4n) is 2.70. The summed E-state index contributed by atoms with van der Waals surface area (Å²) in [6.07, 6.45) is 1.52. The first-order valence-electron chi connectivity index (χ1n) is 8.13. The smallest absolute Gasteiger partial charge is 0.315 e. The summed E-state index contributed by atoms with van der Waals surface area (Å²) in [6.45, 7) is 2.08. The molecule has 0 aliphatic rings. The third-order valence-electron chi connectivity index (χ3n) is 3.83. The molecule has 2 aromatic carbocycles. The number of nitrogens with zero attached hydrogens (tertiary/aromatic N) is 3. The van der Waals surface area contributed by atoms with E-state index in [1.54, 1.807) is 13.0 Å². The van der Waals surface area contributed by atoms with Gasteiger partial charge in [-0.15, -0.1) is 0 Å². The zero-order chi connectivity index (χ0) is 19.4. The zero-order valence-electron chi connectivity index (χ0n) is 14.7. The number of hydrogen-bond acceptors (Lipinski definition) is 6. The van der Waals surface area contributed by atoms with Crippen molar-refractivity contribution in [1.82, 2.24) is 9.97 Å². The van der Waals surface area contributed by atoms with Crippen LogP contribution in [0.15, 0.2) is 36.4 Å². The molecule has 1 aromatic heterocycles. The number of hydrogen-bond donors (Lipinski definition) is 1. The van der Waals surface area contributed by atoms with Crippen molar-refractivity contribution in [3.63, 3.8) is 0 Å². The monoisotopic (exact) mass is 364 g/mol. The van der Waals surface area contributed by atoms with Crippen molar-refractivity contribution in [1.29, 1.82) is 5.26 Å². The van der Waals surface area contributed by atoms with Crippen LogP contribution < -0.4 is 9.47 Å². The number of nitriles is 1. The minimum Gasteiger partial charge on any atom is -0.490 e. The molecule has 0 amide bonds. The molecule has 1 heterocycles. The van der Waals surface area contributed by atoms with Gasteiger partial charge in [-0.3, -0.25) is 10.1 Å². The van der Waals surface area contributed by atoms with Crippen LogP contribution in [-0.2, 0) is 0 Å². The highest BCUT2D eigenvalue weighted by Crippen LogP contribution is 2.39. The molecule has 0 fully saturated rings. The van der Waals surface area contributed by atoms with E-state index in [-0.39, 0.29) is 22.8 Å². The van der Waals surface area contributed by atoms with Crippen molar-refractivity contribution in [3.8, 4) is 17.6 Å². The number of H-pyrrole nitrogens is 1. The number of nitrogens with one attached hydrogen (secondary N) is 1. The van der Waals surface area contributed by atoms with Gasteiger partial charge in [0, 0.05) is 6.07 Å². The van der Waals surface area contributed by atoms with Crippen LogP contribution in [0.5, 0.6) is 11.5 Å². The standard InChI is InChI=1S/C19H16N4O4/c1-3-27-17-10-12(9-16(23(24)25)18(17)26-2)8-13(11-20)19-21-14-6-4-5-7-15(14)22-19/h4-10H,3H2,1-2H3,(H,21,22)/b13-8-. The Labute approximate surface area is 154 Å². The summed E-state index contributed by atoms with van der Waals surface area (Å²) in [5.74, 6) is 0.665. The Kier molecular flexibility index (Phi) is 5.04. The van der Waals surface area contributed by atoms with Gasteiger partial charge >= 0.3 is 5.69 Å². The maximum absolute atomic E-state index is 11.4. The molecule has 0 radical (unpaired) electrons. The maximum atomic E-state index is 11.4. The van der Waals surface area contributed by atoms with Crippen molar-refractivity contribution in [2.75, 3.05) is 13.7 Å². The number of nitro groups is 1. The zero-order valence-corrected chi connectivity index (χ0v) is 14.7. The number of methoxy groups -OCH3 is 1. The molecule has 0 saturated heterocycles. The van der Waals surface area contributed by atoms with E-state index in [4.69, 9.17) is 9.47 Å². The van der Waals surface area contributed by atoms with Gasteiger partial charge in [0.05, 0.1) is 35.2 Å². The Morgan fingerprint density at radius 2 is 2.19 bits per heavy atom. The number of rotatable bonds is 6. The van der Waals surface area contributed by atoms with Gasteiger partial charge in [0.25, 0.3) is 0 Å². The van der Waals surface area contributed by atoms with E-state index >= 15 is 0 Å². The van der Waals surface area contributed by atoms with Crippen LogP contribution in [0.25, 0.3) is 22.7 Å². The summed E-state index contributed by atoms with van der Waals surface area (Å²) in [6, 6.07) is 12.4. The Hall–Kier alpha value is -3.86. The minimum absolute atomic E-state index is 0.0428. The van der Waals surface area contributed by atoms with Crippen LogP contribution >= 0.6 is 0 Å². The molecule has 27 heavy (non-hydrogen) atoms. The molecule has 3 rings (SSSR count). The number of nitro benzene ring substituents is 1. The number of benzene rings is 2. The first-order valence-corrected chi connectivity index (χ1v) is 8.13. The summed E-state index contributed by atoms with van der Waals surface area (Å²) in [7, 11) is 1.34. The summed E-state index contributed by atoms with van der Waals surface area (Å²) in [5, 5.41) is 20.9. The van der Waals surface area contributed by atoms with Crippen LogP contribution in [-0.4, -0.2) is 28.6 Å². The third kappa shape index (κ3) is 3.57. The number of fused-ring (bicyclic) bond motifs is 1. The fourth-order valence-corrected chi connectivity index (χ4v) is 2.70. The molecule has 0 aliphatic carbocycles. The van der Waals surface area contributed by atoms with E-state index in [1.165, 1.54) is 19.3 Å². The minimum atomic E-state index is -0.550. The summed E-state index contributed by atoms with van der Waals surface area (Å²) >= 11 is 0. The molecule has 0 saturated carbocycles. The summed E-state index contributed by atoms with van der Waals surface area (Å²) in [4.78, 5) is 18.3. The van der Waals surface area contributed by atoms with Crippen LogP contribution in [0.4, 0.5) is 5.69 Å². The Bertz CT molecular complexity index is 1050. The molecule has 0 spiro atoms. The number of aromatic amines is 1. The third-order valence-corrected chi connectivity index (χ3v) is 3.83. The normalized spacial score (nSPS) is 11.2. The quantitative estimate of drug-likeness (QED) is 0.402. The van der Waals surface area contributed by atoms with Crippen LogP contribution in [0.1, 0.15) is 18.3 Å². The lowest BCUT2D eigenvalue weighted by atomic mass is 10.1. The van der Waals surface area contributed by atoms with Crippen molar-refractivity contribution < 1.29 is 14.4 Å². The maximum Gasteiger partial charge on any atom is 0.315 e. The van der Waals surface area contributed by atoms with Crippen molar-refractivity contribution in [2.24, 2.45) is 0 Å². The fraction of sp³-hybridized carbons (Fsp3) is 0.158. The highest BCUT2D eigenvalue weighted by Gasteiger charge is 2.22. The topological polar surface area (TPSA) is 114 Å². The van der Waals surface area contributed by atoms with E-state index in [2.05, 4.69) is 16.0 Å². The first-order chi connectivity index (χ1) is 13.1. The van der Waals surface area contributed by atoms with Crippen molar-refractivity contribution >= 4 is 28.4 Å². The average Bonchev–Trinajstić information content (AvgIpc) is 3.09. The summed E-state index contributed by atoms with van der Waals surface area (Å²) < 4.78 is 10.6. The number of para-hydroxylation sites is 2. The van der Waals surface area contributed by atoms with Crippen molar-refractivity contribution in [2.45, 2.75) is 6.92 Å². The van der Waals surface area contributed by atoms with Gasteiger partial charge in [-0.25, -0.2) is 4.98 Å². The van der Waals surface area contributed by atoms with Gasteiger partial charge in [0.1, 0.15) is 11.9 Å². The number of allylic oxidation sites excluding steroid dienone is 1. The molecule has 8 heteroatoms. The lowest BCUT2D eigenvalue weighted by molar-refractivity contribution is -0.385. The second kappa shape index (κ2) is 7.58. The molecule has 3 aromatic rings. The molecular weight excluding hydrogens is 348 g/mol. The van der Waals surface area contributed by atoms with Gasteiger partial charge in [-0.2, -0.15) is 5.26 Å². The molecule has 0 bridgehead atoms. The van der Waals surface area contributed by atoms with Crippen LogP contribution in [0.2, 0.25) is 0 Å². The lowest BCUT2D eigenvalue weighted by Crippen LogP contribution is -2.00. The molecule has 0 aliphatic heterocycles. The van der Waals surface area contributed by atoms with Gasteiger partial charge in [0.15, 0.2) is 5.75 Å². The second-order valence-electron chi connectivity index (χ2n) is 5.53. The predicted molar refractivity (Wildman–Crippen MR) is 100 cm³/mol. The molecule has 136 valence electrons. The van der Waals surface area contributed by atoms with Gasteiger partial charge in [-0.05, 0) is 36.8 Å². The average molecular weight is 364 g/mol. The van der Waals surface area contributed by atoms with E-state index in [9.17, 15) is 15.4 Å². The largest absolute Gasteiger partial charge is 0.490 e. The number of ether oxygens (including phenoxy) is 2.